The molecule has 0 radical (unpaired) electrons. The van der Waals surface area contributed by atoms with Crippen molar-refractivity contribution in [2.75, 3.05) is 0 Å². The Hall–Kier alpha value is -1.78. The number of rotatable bonds is 2. The summed E-state index contributed by atoms with van der Waals surface area (Å²) in [5.74, 6) is 0.700. The van der Waals surface area contributed by atoms with Gasteiger partial charge < -0.3 is 10.2 Å². The van der Waals surface area contributed by atoms with E-state index in [1.165, 1.54) is 6.07 Å². The Labute approximate surface area is 69.8 Å². The molecule has 0 aliphatic heterocycles. The molecular formula is C8H7N3O. The summed E-state index contributed by atoms with van der Waals surface area (Å²) in [5.41, 5.74) is 5.55. The molecule has 60 valence electrons. The van der Waals surface area contributed by atoms with Crippen LogP contribution in [0.1, 0.15) is 24.0 Å². The zero-order valence-electron chi connectivity index (χ0n) is 6.32. The van der Waals surface area contributed by atoms with Crippen molar-refractivity contribution in [3.05, 3.63) is 23.7 Å². The lowest BCUT2D eigenvalue weighted by Crippen LogP contribution is -2.07. The van der Waals surface area contributed by atoms with Crippen molar-refractivity contribution in [1.82, 2.24) is 0 Å². The zero-order valence-corrected chi connectivity index (χ0v) is 6.32. The lowest BCUT2D eigenvalue weighted by Gasteiger charge is -2.00. The standard InChI is InChI=1S/C8H7N3O/c9-4-3-7(11)8-2-1-6(5-10)12-8/h1-2,7H,3,11H2/t7-/m1/s1. The third-order valence-corrected chi connectivity index (χ3v) is 1.41. The van der Waals surface area contributed by atoms with Crippen LogP contribution in [0.25, 0.3) is 0 Å². The van der Waals surface area contributed by atoms with Crippen LogP contribution in [0.15, 0.2) is 16.5 Å². The number of nitrogens with zero attached hydrogens (tertiary/aromatic N) is 2. The van der Waals surface area contributed by atoms with Gasteiger partial charge in [0.05, 0.1) is 18.5 Å². The first-order valence-corrected chi connectivity index (χ1v) is 3.40. The van der Waals surface area contributed by atoms with Gasteiger partial charge in [-0.2, -0.15) is 10.5 Å². The maximum Gasteiger partial charge on any atom is 0.203 e. The largest absolute Gasteiger partial charge is 0.449 e. The maximum absolute atomic E-state index is 8.41. The highest BCUT2D eigenvalue weighted by molar-refractivity contribution is 5.20. The molecule has 1 aromatic heterocycles. The monoisotopic (exact) mass is 161 g/mol. The number of nitrogens with two attached hydrogens (primary N) is 1. The molecule has 12 heavy (non-hydrogen) atoms. The van der Waals surface area contributed by atoms with Crippen LogP contribution in [0.5, 0.6) is 0 Å². The molecule has 0 saturated carbocycles. The second kappa shape index (κ2) is 3.56. The van der Waals surface area contributed by atoms with E-state index in [1.54, 1.807) is 6.07 Å². The van der Waals surface area contributed by atoms with Crippen molar-refractivity contribution in [2.45, 2.75) is 12.5 Å². The minimum absolute atomic E-state index is 0.193. The Morgan fingerprint density at radius 3 is 2.75 bits per heavy atom. The molecule has 0 amide bonds. The zero-order chi connectivity index (χ0) is 8.97. The Kier molecular flexibility index (Phi) is 2.47. The van der Waals surface area contributed by atoms with Crippen LogP contribution in [-0.2, 0) is 0 Å². The minimum Gasteiger partial charge on any atom is -0.449 e. The molecule has 0 aromatic carbocycles. The SMILES string of the molecule is N#CC[C@@H](N)c1ccc(C#N)o1. The van der Waals surface area contributed by atoms with Gasteiger partial charge in [-0.05, 0) is 12.1 Å². The second-order valence-electron chi connectivity index (χ2n) is 2.28. The lowest BCUT2D eigenvalue weighted by molar-refractivity contribution is 0.460. The molecule has 0 aliphatic carbocycles. The molecule has 0 unspecified atom stereocenters. The molecule has 4 heteroatoms. The first-order chi connectivity index (χ1) is 5.77. The van der Waals surface area contributed by atoms with Crippen LogP contribution in [-0.4, -0.2) is 0 Å². The molecule has 1 heterocycles. The smallest absolute Gasteiger partial charge is 0.203 e. The summed E-state index contributed by atoms with van der Waals surface area (Å²) in [4.78, 5) is 0. The van der Waals surface area contributed by atoms with Gasteiger partial charge in [-0.15, -0.1) is 0 Å². The fourth-order valence-corrected chi connectivity index (χ4v) is 0.811. The Morgan fingerprint density at radius 1 is 1.50 bits per heavy atom. The number of furan rings is 1. The summed E-state index contributed by atoms with van der Waals surface area (Å²) < 4.78 is 5.01. The van der Waals surface area contributed by atoms with Crippen molar-refractivity contribution < 1.29 is 4.42 Å². The van der Waals surface area contributed by atoms with E-state index in [1.807, 2.05) is 12.1 Å². The van der Waals surface area contributed by atoms with Gasteiger partial charge in [0, 0.05) is 0 Å². The molecular weight excluding hydrogens is 154 g/mol. The second-order valence-corrected chi connectivity index (χ2v) is 2.28. The van der Waals surface area contributed by atoms with E-state index >= 15 is 0 Å². The van der Waals surface area contributed by atoms with E-state index < -0.39 is 6.04 Å². The molecule has 1 aromatic rings. The van der Waals surface area contributed by atoms with E-state index in [0.29, 0.717) is 5.76 Å². The predicted molar refractivity (Wildman–Crippen MR) is 40.6 cm³/mol. The van der Waals surface area contributed by atoms with E-state index in [0.717, 1.165) is 0 Å². The summed E-state index contributed by atoms with van der Waals surface area (Å²) >= 11 is 0. The van der Waals surface area contributed by atoms with Gasteiger partial charge >= 0.3 is 0 Å². The van der Waals surface area contributed by atoms with Crippen LogP contribution in [0.4, 0.5) is 0 Å². The minimum atomic E-state index is -0.433. The van der Waals surface area contributed by atoms with E-state index in [-0.39, 0.29) is 12.2 Å². The van der Waals surface area contributed by atoms with Gasteiger partial charge in [-0.25, -0.2) is 0 Å². The van der Waals surface area contributed by atoms with Crippen LogP contribution < -0.4 is 5.73 Å². The fraction of sp³-hybridized carbons (Fsp3) is 0.250. The number of hydrogen-bond donors (Lipinski definition) is 1. The molecule has 0 spiro atoms. The van der Waals surface area contributed by atoms with Gasteiger partial charge in [-0.3, -0.25) is 0 Å². The summed E-state index contributed by atoms with van der Waals surface area (Å²) in [7, 11) is 0. The van der Waals surface area contributed by atoms with E-state index in [9.17, 15) is 0 Å². The quantitative estimate of drug-likeness (QED) is 0.702. The third kappa shape index (κ3) is 1.63. The molecule has 4 nitrogen and oxygen atoms in total. The summed E-state index contributed by atoms with van der Waals surface area (Å²) in [6, 6.07) is 6.48. The van der Waals surface area contributed by atoms with Crippen LogP contribution in [0.3, 0.4) is 0 Å². The Bertz CT molecular complexity index is 342. The summed E-state index contributed by atoms with van der Waals surface area (Å²) in [5, 5.41) is 16.7. The average molecular weight is 161 g/mol. The Balaban J connectivity index is 2.77. The van der Waals surface area contributed by atoms with E-state index in [2.05, 4.69) is 0 Å². The lowest BCUT2D eigenvalue weighted by atomic mass is 10.2. The Morgan fingerprint density at radius 2 is 2.25 bits per heavy atom. The first-order valence-electron chi connectivity index (χ1n) is 3.40. The van der Waals surface area contributed by atoms with Gasteiger partial charge in [-0.1, -0.05) is 0 Å². The molecule has 1 atom stereocenters. The van der Waals surface area contributed by atoms with Crippen molar-refractivity contribution >= 4 is 0 Å². The molecule has 0 bridgehead atoms. The molecule has 1 rings (SSSR count). The molecule has 0 fully saturated rings. The van der Waals surface area contributed by atoms with E-state index in [4.69, 9.17) is 20.7 Å². The fourth-order valence-electron chi connectivity index (χ4n) is 0.811. The highest BCUT2D eigenvalue weighted by Gasteiger charge is 2.09. The molecule has 0 aliphatic rings. The third-order valence-electron chi connectivity index (χ3n) is 1.41. The van der Waals surface area contributed by atoms with Gasteiger partial charge in [0.15, 0.2) is 0 Å². The summed E-state index contributed by atoms with van der Waals surface area (Å²) in [6.45, 7) is 0. The molecule has 2 N–H and O–H groups in total. The van der Waals surface area contributed by atoms with Gasteiger partial charge in [0.2, 0.25) is 5.76 Å². The topological polar surface area (TPSA) is 86.7 Å². The van der Waals surface area contributed by atoms with Crippen LogP contribution >= 0.6 is 0 Å². The van der Waals surface area contributed by atoms with Crippen molar-refractivity contribution in [3.63, 3.8) is 0 Å². The van der Waals surface area contributed by atoms with Crippen LogP contribution in [0.2, 0.25) is 0 Å². The first kappa shape index (κ1) is 8.32. The van der Waals surface area contributed by atoms with Gasteiger partial charge in [0.1, 0.15) is 11.8 Å². The predicted octanol–water partition coefficient (Wildman–Crippen LogP) is 1.06. The number of nitriles is 2. The maximum atomic E-state index is 8.41. The highest BCUT2D eigenvalue weighted by atomic mass is 16.3. The number of hydrogen-bond acceptors (Lipinski definition) is 4. The van der Waals surface area contributed by atoms with Crippen molar-refractivity contribution in [1.29, 1.82) is 10.5 Å². The van der Waals surface area contributed by atoms with Gasteiger partial charge in [0.25, 0.3) is 0 Å². The summed E-state index contributed by atoms with van der Waals surface area (Å²) in [6.07, 6.45) is 0.193. The molecule has 0 saturated heterocycles. The average Bonchev–Trinajstić information content (AvgIpc) is 2.52. The highest BCUT2D eigenvalue weighted by Crippen LogP contribution is 2.15. The van der Waals surface area contributed by atoms with Crippen molar-refractivity contribution in [2.24, 2.45) is 5.73 Å². The normalized spacial score (nSPS) is 11.6. The van der Waals surface area contributed by atoms with Crippen LogP contribution in [0, 0.1) is 22.7 Å². The van der Waals surface area contributed by atoms with Crippen molar-refractivity contribution in [3.8, 4) is 12.1 Å².